The molecule has 0 spiro atoms. The van der Waals surface area contributed by atoms with Crippen LogP contribution in [-0.4, -0.2) is 39.0 Å². The molecule has 4 aromatic carbocycles. The van der Waals surface area contributed by atoms with Crippen LogP contribution in [0.3, 0.4) is 0 Å². The maximum Gasteiger partial charge on any atom is 0.308 e. The van der Waals surface area contributed by atoms with Crippen LogP contribution >= 0.6 is 0 Å². The molecule has 0 aliphatic rings. The molecule has 0 aliphatic heterocycles. The molecule has 0 heterocycles. The Morgan fingerprint density at radius 1 is 0.625 bits per heavy atom. The summed E-state index contributed by atoms with van der Waals surface area (Å²) >= 11 is 0. The first-order valence-corrected chi connectivity index (χ1v) is 12.0. The SMILES string of the molecule is CC(=O)Oc1ccc(C=O)cc1.COc1ccc(C=O)cc1.COc1ccc(C=O)cc1OCc1ccccc1. The average Bonchev–Trinajstić information content (AvgIpc) is 3.01. The molecule has 0 N–H and O–H groups in total. The molecule has 0 aliphatic carbocycles. The largest absolute Gasteiger partial charge is 0.497 e. The minimum absolute atomic E-state index is 0.367. The summed E-state index contributed by atoms with van der Waals surface area (Å²) < 4.78 is 20.5. The van der Waals surface area contributed by atoms with Crippen molar-refractivity contribution in [2.75, 3.05) is 14.2 Å². The number of carbonyl (C=O) groups is 4. The van der Waals surface area contributed by atoms with Crippen molar-refractivity contribution >= 4 is 24.8 Å². The van der Waals surface area contributed by atoms with Gasteiger partial charge in [0.1, 0.15) is 37.0 Å². The molecule has 4 rings (SSSR count). The molecule has 0 bridgehead atoms. The van der Waals surface area contributed by atoms with Gasteiger partial charge in [-0.05, 0) is 72.3 Å². The van der Waals surface area contributed by atoms with Gasteiger partial charge in [0.2, 0.25) is 0 Å². The van der Waals surface area contributed by atoms with E-state index in [-0.39, 0.29) is 5.97 Å². The van der Waals surface area contributed by atoms with Gasteiger partial charge in [-0.15, -0.1) is 0 Å². The van der Waals surface area contributed by atoms with Crippen LogP contribution < -0.4 is 18.9 Å². The van der Waals surface area contributed by atoms with Crippen molar-refractivity contribution in [2.24, 2.45) is 0 Å². The predicted molar refractivity (Wildman–Crippen MR) is 151 cm³/mol. The lowest BCUT2D eigenvalue weighted by molar-refractivity contribution is -0.131. The summed E-state index contributed by atoms with van der Waals surface area (Å²) in [7, 11) is 3.17. The highest BCUT2D eigenvalue weighted by Crippen LogP contribution is 2.28. The van der Waals surface area contributed by atoms with E-state index in [4.69, 9.17) is 18.9 Å². The first-order valence-electron chi connectivity index (χ1n) is 12.0. The Balaban J connectivity index is 0.000000222. The lowest BCUT2D eigenvalue weighted by Crippen LogP contribution is -2.00. The summed E-state index contributed by atoms with van der Waals surface area (Å²) in [4.78, 5) is 41.6. The van der Waals surface area contributed by atoms with Gasteiger partial charge >= 0.3 is 5.97 Å². The Bertz CT molecular complexity index is 1350. The van der Waals surface area contributed by atoms with Crippen molar-refractivity contribution in [3.05, 3.63) is 119 Å². The molecule has 0 fully saturated rings. The number of hydrogen-bond acceptors (Lipinski definition) is 8. The predicted octanol–water partition coefficient (Wildman–Crippen LogP) is 6.02. The van der Waals surface area contributed by atoms with Crippen molar-refractivity contribution in [1.29, 1.82) is 0 Å². The van der Waals surface area contributed by atoms with E-state index in [1.165, 1.54) is 6.92 Å². The average molecular weight is 543 g/mol. The van der Waals surface area contributed by atoms with E-state index in [1.54, 1.807) is 80.9 Å². The number of benzene rings is 4. The molecule has 0 radical (unpaired) electrons. The lowest BCUT2D eigenvalue weighted by Gasteiger charge is -2.11. The zero-order valence-electron chi connectivity index (χ0n) is 22.4. The molecule has 206 valence electrons. The minimum atomic E-state index is -0.367. The Kier molecular flexibility index (Phi) is 13.4. The van der Waals surface area contributed by atoms with Gasteiger partial charge in [-0.3, -0.25) is 19.2 Å². The summed E-state index contributed by atoms with van der Waals surface area (Å²) in [5, 5.41) is 0. The number of aldehydes is 3. The quantitative estimate of drug-likeness (QED) is 0.144. The van der Waals surface area contributed by atoms with Gasteiger partial charge in [0.05, 0.1) is 14.2 Å². The molecule has 4 aromatic rings. The molecule has 0 aromatic heterocycles. The minimum Gasteiger partial charge on any atom is -0.497 e. The van der Waals surface area contributed by atoms with Gasteiger partial charge in [-0.25, -0.2) is 0 Å². The lowest BCUT2D eigenvalue weighted by atomic mass is 10.2. The Labute approximate surface area is 233 Å². The number of hydrogen-bond donors (Lipinski definition) is 0. The summed E-state index contributed by atoms with van der Waals surface area (Å²) in [6.07, 6.45) is 2.33. The maximum absolute atomic E-state index is 10.7. The fraction of sp³-hybridized carbons (Fsp3) is 0.125. The van der Waals surface area contributed by atoms with Crippen molar-refractivity contribution in [3.63, 3.8) is 0 Å². The molecule has 0 atom stereocenters. The van der Waals surface area contributed by atoms with Crippen LogP contribution in [0.2, 0.25) is 0 Å². The summed E-state index contributed by atoms with van der Waals surface area (Å²) in [5.41, 5.74) is 2.86. The molecule has 0 saturated heterocycles. The number of methoxy groups -OCH3 is 2. The zero-order valence-corrected chi connectivity index (χ0v) is 22.4. The van der Waals surface area contributed by atoms with Gasteiger partial charge in [-0.1, -0.05) is 30.3 Å². The van der Waals surface area contributed by atoms with Crippen LogP contribution in [0.5, 0.6) is 23.0 Å². The van der Waals surface area contributed by atoms with E-state index in [2.05, 4.69) is 0 Å². The number of carbonyl (C=O) groups excluding carboxylic acids is 4. The number of rotatable bonds is 9. The van der Waals surface area contributed by atoms with Gasteiger partial charge < -0.3 is 18.9 Å². The Morgan fingerprint density at radius 2 is 1.15 bits per heavy atom. The maximum atomic E-state index is 10.7. The fourth-order valence-corrected chi connectivity index (χ4v) is 3.08. The van der Waals surface area contributed by atoms with Gasteiger partial charge in [-0.2, -0.15) is 0 Å². The monoisotopic (exact) mass is 542 g/mol. The second-order valence-corrected chi connectivity index (χ2v) is 7.97. The van der Waals surface area contributed by atoms with Crippen molar-refractivity contribution in [2.45, 2.75) is 13.5 Å². The van der Waals surface area contributed by atoms with Crippen LogP contribution in [0.4, 0.5) is 0 Å². The number of esters is 1. The molecule has 40 heavy (non-hydrogen) atoms. The van der Waals surface area contributed by atoms with Crippen molar-refractivity contribution < 1.29 is 38.1 Å². The molecule has 8 nitrogen and oxygen atoms in total. The van der Waals surface area contributed by atoms with Crippen LogP contribution in [0, 0.1) is 0 Å². The van der Waals surface area contributed by atoms with E-state index in [9.17, 15) is 19.2 Å². The van der Waals surface area contributed by atoms with Crippen LogP contribution in [-0.2, 0) is 11.4 Å². The first kappa shape index (κ1) is 31.0. The Hall–Kier alpha value is -5.24. The van der Waals surface area contributed by atoms with E-state index in [0.717, 1.165) is 30.2 Å². The van der Waals surface area contributed by atoms with Crippen LogP contribution in [0.25, 0.3) is 0 Å². The third kappa shape index (κ3) is 11.0. The highest BCUT2D eigenvalue weighted by atomic mass is 16.5. The van der Waals surface area contributed by atoms with Crippen molar-refractivity contribution in [1.82, 2.24) is 0 Å². The first-order chi connectivity index (χ1) is 19.4. The second-order valence-electron chi connectivity index (χ2n) is 7.97. The van der Waals surface area contributed by atoms with E-state index in [0.29, 0.717) is 40.5 Å². The fourth-order valence-electron chi connectivity index (χ4n) is 3.08. The Morgan fingerprint density at radius 3 is 1.62 bits per heavy atom. The highest BCUT2D eigenvalue weighted by Gasteiger charge is 2.06. The molecule has 0 amide bonds. The van der Waals surface area contributed by atoms with Gasteiger partial charge in [0.25, 0.3) is 0 Å². The molecular weight excluding hydrogens is 512 g/mol. The zero-order chi connectivity index (χ0) is 29.2. The van der Waals surface area contributed by atoms with Crippen LogP contribution in [0.1, 0.15) is 43.6 Å². The molecular formula is C32H30O8. The third-order valence-electron chi connectivity index (χ3n) is 5.09. The van der Waals surface area contributed by atoms with Gasteiger partial charge in [0, 0.05) is 23.6 Å². The van der Waals surface area contributed by atoms with E-state index in [1.807, 2.05) is 30.3 Å². The second kappa shape index (κ2) is 17.3. The summed E-state index contributed by atoms with van der Waals surface area (Å²) in [6, 6.07) is 28.2. The normalized spacial score (nSPS) is 9.38. The smallest absolute Gasteiger partial charge is 0.308 e. The standard InChI is InChI=1S/C15H14O3.C9H8O3.C8H8O2/c1-17-14-8-7-13(10-16)9-15(14)18-11-12-5-3-2-4-6-12;1-7(11)12-9-4-2-8(6-10)3-5-9;1-10-8-4-2-7(6-9)3-5-8/h2-10H,11H2,1H3;2-6H,1H3;2-6H,1H3. The topological polar surface area (TPSA) is 105 Å². The van der Waals surface area contributed by atoms with E-state index < -0.39 is 0 Å². The summed E-state index contributed by atoms with van der Waals surface area (Å²) in [6.45, 7) is 1.77. The number of ether oxygens (including phenoxy) is 4. The molecule has 0 unspecified atom stereocenters. The highest BCUT2D eigenvalue weighted by molar-refractivity contribution is 5.77. The van der Waals surface area contributed by atoms with E-state index >= 15 is 0 Å². The van der Waals surface area contributed by atoms with Crippen LogP contribution in [0.15, 0.2) is 97.1 Å². The summed E-state index contributed by atoms with van der Waals surface area (Å²) in [5.74, 6) is 2.05. The molecule has 0 saturated carbocycles. The van der Waals surface area contributed by atoms with Gasteiger partial charge in [0.15, 0.2) is 11.5 Å². The molecule has 8 heteroatoms. The van der Waals surface area contributed by atoms with Crippen molar-refractivity contribution in [3.8, 4) is 23.0 Å². The third-order valence-corrected chi connectivity index (χ3v) is 5.09.